The quantitative estimate of drug-likeness (QED) is 0.646. The smallest absolute Gasteiger partial charge is 0.276 e. The van der Waals surface area contributed by atoms with E-state index in [0.29, 0.717) is 10.8 Å². The van der Waals surface area contributed by atoms with Crippen molar-refractivity contribution in [3.05, 3.63) is 41.5 Å². The molecule has 0 unspecified atom stereocenters. The summed E-state index contributed by atoms with van der Waals surface area (Å²) < 4.78 is 13.2. The lowest BCUT2D eigenvalue weighted by atomic mass is 10.1. The lowest BCUT2D eigenvalue weighted by Gasteiger charge is -2.03. The van der Waals surface area contributed by atoms with Crippen molar-refractivity contribution in [3.8, 4) is 0 Å². The average molecular weight is 230 g/mol. The number of halogens is 1. The van der Waals surface area contributed by atoms with Crippen molar-refractivity contribution in [2.75, 3.05) is 7.05 Å². The molecule has 84 valence electrons. The summed E-state index contributed by atoms with van der Waals surface area (Å²) in [7, 11) is 1.39. The van der Waals surface area contributed by atoms with Crippen LogP contribution in [0.5, 0.6) is 0 Å². The number of hydrogen-bond donors (Lipinski definition) is 0. The van der Waals surface area contributed by atoms with E-state index >= 15 is 0 Å². The summed E-state index contributed by atoms with van der Waals surface area (Å²) in [4.78, 5) is 28.5. The second-order valence-electron chi connectivity index (χ2n) is 3.88. The van der Waals surface area contributed by atoms with Crippen molar-refractivity contribution in [1.29, 1.82) is 0 Å². The summed E-state index contributed by atoms with van der Waals surface area (Å²) in [5, 5.41) is 1.07. The highest BCUT2D eigenvalue weighted by atomic mass is 19.1. The molecule has 1 aromatic carbocycles. The van der Waals surface area contributed by atoms with Crippen LogP contribution in [0.1, 0.15) is 20.8 Å². The maximum Gasteiger partial charge on any atom is 0.279 e. The molecule has 2 amide bonds. The van der Waals surface area contributed by atoms with Crippen LogP contribution in [-0.4, -0.2) is 28.7 Å². The highest BCUT2D eigenvalue weighted by Gasteiger charge is 2.35. The van der Waals surface area contributed by atoms with E-state index in [2.05, 4.69) is 4.98 Å². The summed E-state index contributed by atoms with van der Waals surface area (Å²) >= 11 is 0. The molecule has 0 fully saturated rings. The molecule has 3 rings (SSSR count). The van der Waals surface area contributed by atoms with Gasteiger partial charge in [0.2, 0.25) is 0 Å². The van der Waals surface area contributed by atoms with E-state index in [-0.39, 0.29) is 11.3 Å². The molecule has 0 saturated carbocycles. The van der Waals surface area contributed by atoms with E-state index in [9.17, 15) is 14.0 Å². The SMILES string of the molecule is CN1C(=O)c2ncc3ccc(F)cc3c2C1=O. The molecule has 0 spiro atoms. The Kier molecular flexibility index (Phi) is 1.80. The normalized spacial score (nSPS) is 14.6. The van der Waals surface area contributed by atoms with Gasteiger partial charge in [0.15, 0.2) is 0 Å². The van der Waals surface area contributed by atoms with Crippen LogP contribution in [0.15, 0.2) is 24.4 Å². The fourth-order valence-corrected chi connectivity index (χ4v) is 1.98. The lowest BCUT2D eigenvalue weighted by molar-refractivity contribution is 0.0692. The summed E-state index contributed by atoms with van der Waals surface area (Å²) in [6, 6.07) is 4.08. The van der Waals surface area contributed by atoms with Gasteiger partial charge in [-0.15, -0.1) is 0 Å². The first kappa shape index (κ1) is 9.89. The van der Waals surface area contributed by atoms with Crippen molar-refractivity contribution in [2.45, 2.75) is 0 Å². The van der Waals surface area contributed by atoms with Gasteiger partial charge in [-0.1, -0.05) is 0 Å². The number of imide groups is 1. The zero-order valence-corrected chi connectivity index (χ0v) is 8.90. The average Bonchev–Trinajstić information content (AvgIpc) is 2.54. The molecule has 1 aliphatic rings. The molecule has 17 heavy (non-hydrogen) atoms. The molecular formula is C12H7FN2O2. The standard InChI is InChI=1S/C12H7FN2O2/c1-15-11(16)9-8-4-7(13)3-2-6(8)5-14-10(9)12(15)17/h2-5H,1H3. The van der Waals surface area contributed by atoms with Crippen LogP contribution >= 0.6 is 0 Å². The Morgan fingerprint density at radius 3 is 2.76 bits per heavy atom. The monoisotopic (exact) mass is 230 g/mol. The Morgan fingerprint density at radius 2 is 2.00 bits per heavy atom. The van der Waals surface area contributed by atoms with Crippen molar-refractivity contribution >= 4 is 22.6 Å². The van der Waals surface area contributed by atoms with Crippen molar-refractivity contribution in [1.82, 2.24) is 9.88 Å². The third-order valence-corrected chi connectivity index (χ3v) is 2.88. The topological polar surface area (TPSA) is 50.3 Å². The predicted octanol–water partition coefficient (Wildman–Crippen LogP) is 1.60. The molecule has 1 aliphatic heterocycles. The second-order valence-corrected chi connectivity index (χ2v) is 3.88. The van der Waals surface area contributed by atoms with Gasteiger partial charge in [-0.3, -0.25) is 14.5 Å². The first-order valence-corrected chi connectivity index (χ1v) is 5.00. The molecule has 0 saturated heterocycles. The number of carbonyl (C=O) groups is 2. The van der Waals surface area contributed by atoms with E-state index in [4.69, 9.17) is 0 Å². The summed E-state index contributed by atoms with van der Waals surface area (Å²) in [6.07, 6.45) is 1.47. The lowest BCUT2D eigenvalue weighted by Crippen LogP contribution is -2.24. The summed E-state index contributed by atoms with van der Waals surface area (Å²) in [5.74, 6) is -1.33. The Labute approximate surface area is 95.7 Å². The first-order chi connectivity index (χ1) is 8.09. The maximum atomic E-state index is 13.2. The molecule has 0 N–H and O–H groups in total. The molecule has 5 heteroatoms. The van der Waals surface area contributed by atoms with E-state index in [1.807, 2.05) is 0 Å². The van der Waals surface area contributed by atoms with Gasteiger partial charge in [0, 0.05) is 24.0 Å². The summed E-state index contributed by atoms with van der Waals surface area (Å²) in [5.41, 5.74) is 0.283. The van der Waals surface area contributed by atoms with Crippen LogP contribution in [-0.2, 0) is 0 Å². The Morgan fingerprint density at radius 1 is 1.24 bits per heavy atom. The number of carbonyl (C=O) groups excluding carboxylic acids is 2. The third-order valence-electron chi connectivity index (χ3n) is 2.88. The molecule has 1 aromatic heterocycles. The van der Waals surface area contributed by atoms with E-state index in [1.54, 1.807) is 0 Å². The van der Waals surface area contributed by atoms with Crippen LogP contribution < -0.4 is 0 Å². The molecule has 0 atom stereocenters. The van der Waals surface area contributed by atoms with Crippen LogP contribution in [0, 0.1) is 5.82 Å². The molecular weight excluding hydrogens is 223 g/mol. The number of pyridine rings is 1. The van der Waals surface area contributed by atoms with Crippen LogP contribution in [0.3, 0.4) is 0 Å². The number of nitrogens with zero attached hydrogens (tertiary/aromatic N) is 2. The van der Waals surface area contributed by atoms with Gasteiger partial charge in [-0.2, -0.15) is 0 Å². The zero-order valence-electron chi connectivity index (χ0n) is 8.90. The highest BCUT2D eigenvalue weighted by Crippen LogP contribution is 2.28. The van der Waals surface area contributed by atoms with Crippen molar-refractivity contribution in [2.24, 2.45) is 0 Å². The minimum Gasteiger partial charge on any atom is -0.276 e. The fraction of sp³-hybridized carbons (Fsp3) is 0.0833. The van der Waals surface area contributed by atoms with Gasteiger partial charge in [0.25, 0.3) is 11.8 Å². The molecule has 2 heterocycles. The van der Waals surface area contributed by atoms with Gasteiger partial charge >= 0.3 is 0 Å². The van der Waals surface area contributed by atoms with Crippen LogP contribution in [0.2, 0.25) is 0 Å². The van der Waals surface area contributed by atoms with E-state index in [0.717, 1.165) is 4.90 Å². The number of fused-ring (bicyclic) bond motifs is 3. The van der Waals surface area contributed by atoms with E-state index in [1.165, 1.54) is 31.4 Å². The Bertz CT molecular complexity index is 682. The van der Waals surface area contributed by atoms with Crippen molar-refractivity contribution < 1.29 is 14.0 Å². The van der Waals surface area contributed by atoms with Gasteiger partial charge in [-0.05, 0) is 18.2 Å². The molecule has 0 radical (unpaired) electrons. The number of aromatic nitrogens is 1. The number of benzene rings is 1. The molecule has 0 bridgehead atoms. The Balaban J connectivity index is 2.45. The number of rotatable bonds is 0. The van der Waals surface area contributed by atoms with Gasteiger partial charge < -0.3 is 0 Å². The van der Waals surface area contributed by atoms with Gasteiger partial charge in [-0.25, -0.2) is 9.37 Å². The number of hydrogen-bond acceptors (Lipinski definition) is 3. The van der Waals surface area contributed by atoms with Crippen LogP contribution in [0.4, 0.5) is 4.39 Å². The fourth-order valence-electron chi connectivity index (χ4n) is 1.98. The summed E-state index contributed by atoms with van der Waals surface area (Å²) in [6.45, 7) is 0. The molecule has 2 aromatic rings. The first-order valence-electron chi connectivity index (χ1n) is 5.00. The molecule has 4 nitrogen and oxygen atoms in total. The van der Waals surface area contributed by atoms with Gasteiger partial charge in [0.05, 0.1) is 5.56 Å². The van der Waals surface area contributed by atoms with Gasteiger partial charge in [0.1, 0.15) is 11.5 Å². The number of amides is 2. The second kappa shape index (κ2) is 3.10. The van der Waals surface area contributed by atoms with Crippen LogP contribution in [0.25, 0.3) is 10.8 Å². The third kappa shape index (κ3) is 1.19. The highest BCUT2D eigenvalue weighted by molar-refractivity contribution is 6.25. The zero-order chi connectivity index (χ0) is 12.2. The molecule has 0 aliphatic carbocycles. The maximum absolute atomic E-state index is 13.2. The minimum atomic E-state index is -0.448. The van der Waals surface area contributed by atoms with Crippen molar-refractivity contribution in [3.63, 3.8) is 0 Å². The predicted molar refractivity (Wildman–Crippen MR) is 58.1 cm³/mol. The Hall–Kier alpha value is -2.30. The van der Waals surface area contributed by atoms with E-state index < -0.39 is 17.6 Å². The minimum absolute atomic E-state index is 0.0931. The largest absolute Gasteiger partial charge is 0.279 e.